The van der Waals surface area contributed by atoms with E-state index in [0.29, 0.717) is 12.1 Å². The van der Waals surface area contributed by atoms with Gasteiger partial charge in [-0.05, 0) is 44.6 Å². The average molecular weight is 266 g/mol. The fourth-order valence-corrected chi connectivity index (χ4v) is 3.54. The van der Waals surface area contributed by atoms with E-state index in [2.05, 4.69) is 10.2 Å². The van der Waals surface area contributed by atoms with Crippen LogP contribution in [-0.4, -0.2) is 47.7 Å². The van der Waals surface area contributed by atoms with Gasteiger partial charge >= 0.3 is 5.97 Å². The van der Waals surface area contributed by atoms with Gasteiger partial charge in [-0.3, -0.25) is 9.69 Å². The van der Waals surface area contributed by atoms with Crippen LogP contribution in [0, 0.1) is 11.8 Å². The molecule has 4 heteroatoms. The molecule has 3 fully saturated rings. The monoisotopic (exact) mass is 266 g/mol. The maximum absolute atomic E-state index is 11.3. The van der Waals surface area contributed by atoms with Crippen molar-refractivity contribution in [1.29, 1.82) is 0 Å². The molecule has 2 saturated carbocycles. The van der Waals surface area contributed by atoms with Crippen molar-refractivity contribution in [2.24, 2.45) is 11.8 Å². The highest BCUT2D eigenvalue weighted by atomic mass is 16.4. The maximum Gasteiger partial charge on any atom is 0.307 e. The van der Waals surface area contributed by atoms with Gasteiger partial charge in [-0.2, -0.15) is 0 Å². The Morgan fingerprint density at radius 3 is 2.42 bits per heavy atom. The molecule has 3 rings (SSSR count). The highest BCUT2D eigenvalue weighted by Gasteiger charge is 2.36. The SMILES string of the molecule is O=C(O)C1CC(NCC2CCC2)CN(C2CCC2)C1. The zero-order valence-electron chi connectivity index (χ0n) is 11.7. The van der Waals surface area contributed by atoms with Crippen molar-refractivity contribution < 1.29 is 9.90 Å². The third kappa shape index (κ3) is 3.11. The van der Waals surface area contributed by atoms with Gasteiger partial charge in [0.15, 0.2) is 0 Å². The molecule has 0 bridgehead atoms. The van der Waals surface area contributed by atoms with Crippen molar-refractivity contribution in [2.75, 3.05) is 19.6 Å². The van der Waals surface area contributed by atoms with Gasteiger partial charge in [-0.15, -0.1) is 0 Å². The molecule has 2 N–H and O–H groups in total. The lowest BCUT2D eigenvalue weighted by Gasteiger charge is -2.45. The number of aliphatic carboxylic acids is 1. The third-order valence-electron chi connectivity index (χ3n) is 5.34. The number of rotatable bonds is 5. The van der Waals surface area contributed by atoms with Gasteiger partial charge < -0.3 is 10.4 Å². The molecule has 1 aliphatic heterocycles. The van der Waals surface area contributed by atoms with Crippen molar-refractivity contribution >= 4 is 5.97 Å². The van der Waals surface area contributed by atoms with Crippen LogP contribution < -0.4 is 5.32 Å². The lowest BCUT2D eigenvalue weighted by Crippen LogP contribution is -2.56. The van der Waals surface area contributed by atoms with Gasteiger partial charge in [0.2, 0.25) is 0 Å². The first-order chi connectivity index (χ1) is 9.22. The molecule has 0 aromatic rings. The van der Waals surface area contributed by atoms with E-state index in [1.165, 1.54) is 38.5 Å². The average Bonchev–Trinajstić information content (AvgIpc) is 2.24. The summed E-state index contributed by atoms with van der Waals surface area (Å²) in [6, 6.07) is 1.05. The summed E-state index contributed by atoms with van der Waals surface area (Å²) in [5, 5.41) is 13.0. The summed E-state index contributed by atoms with van der Waals surface area (Å²) >= 11 is 0. The maximum atomic E-state index is 11.3. The van der Waals surface area contributed by atoms with E-state index in [9.17, 15) is 9.90 Å². The quantitative estimate of drug-likeness (QED) is 0.795. The molecule has 0 spiro atoms. The lowest BCUT2D eigenvalue weighted by atomic mass is 9.84. The van der Waals surface area contributed by atoms with Crippen LogP contribution >= 0.6 is 0 Å². The second-order valence-electron chi connectivity index (χ2n) is 6.71. The van der Waals surface area contributed by atoms with E-state index in [1.54, 1.807) is 0 Å². The Morgan fingerprint density at radius 1 is 1.16 bits per heavy atom. The number of carboxylic acid groups (broad SMARTS) is 1. The number of carbonyl (C=O) groups is 1. The number of likely N-dealkylation sites (tertiary alicyclic amines) is 1. The number of piperidine rings is 1. The van der Waals surface area contributed by atoms with Crippen LogP contribution in [0.15, 0.2) is 0 Å². The van der Waals surface area contributed by atoms with Crippen molar-refractivity contribution in [3.05, 3.63) is 0 Å². The zero-order chi connectivity index (χ0) is 13.2. The van der Waals surface area contributed by atoms with Crippen LogP contribution in [0.4, 0.5) is 0 Å². The van der Waals surface area contributed by atoms with Crippen molar-refractivity contribution in [2.45, 2.75) is 57.0 Å². The first-order valence-electron chi connectivity index (χ1n) is 7.92. The predicted octanol–water partition coefficient (Wildman–Crippen LogP) is 1.70. The molecule has 0 aromatic carbocycles. The van der Waals surface area contributed by atoms with E-state index in [-0.39, 0.29) is 5.92 Å². The molecule has 2 atom stereocenters. The lowest BCUT2D eigenvalue weighted by molar-refractivity contribution is -0.144. The highest BCUT2D eigenvalue weighted by molar-refractivity contribution is 5.70. The molecule has 1 saturated heterocycles. The van der Waals surface area contributed by atoms with Crippen LogP contribution in [0.3, 0.4) is 0 Å². The number of nitrogens with zero attached hydrogens (tertiary/aromatic N) is 1. The van der Waals surface area contributed by atoms with Crippen LogP contribution in [-0.2, 0) is 4.79 Å². The van der Waals surface area contributed by atoms with Crippen molar-refractivity contribution in [1.82, 2.24) is 10.2 Å². The minimum Gasteiger partial charge on any atom is -0.481 e. The fraction of sp³-hybridized carbons (Fsp3) is 0.933. The number of carboxylic acids is 1. The van der Waals surface area contributed by atoms with Crippen LogP contribution in [0.25, 0.3) is 0 Å². The summed E-state index contributed by atoms with van der Waals surface area (Å²) in [6.45, 7) is 2.91. The molecule has 1 heterocycles. The van der Waals surface area contributed by atoms with E-state index in [0.717, 1.165) is 32.0 Å². The minimum atomic E-state index is -0.612. The minimum absolute atomic E-state index is 0.173. The van der Waals surface area contributed by atoms with Gasteiger partial charge in [0.1, 0.15) is 0 Å². The molecular formula is C15H26N2O2. The molecule has 3 aliphatic rings. The Labute approximate surface area is 115 Å². The Balaban J connectivity index is 1.53. The fourth-order valence-electron chi connectivity index (χ4n) is 3.54. The normalized spacial score (nSPS) is 33.7. The Bertz CT molecular complexity index is 326. The molecule has 0 radical (unpaired) electrons. The summed E-state index contributed by atoms with van der Waals surface area (Å²) in [6.07, 6.45) is 8.75. The topological polar surface area (TPSA) is 52.6 Å². The Hall–Kier alpha value is -0.610. The summed E-state index contributed by atoms with van der Waals surface area (Å²) in [5.74, 6) is 0.0649. The third-order valence-corrected chi connectivity index (χ3v) is 5.34. The van der Waals surface area contributed by atoms with E-state index >= 15 is 0 Å². The smallest absolute Gasteiger partial charge is 0.307 e. The molecular weight excluding hydrogens is 240 g/mol. The van der Waals surface area contributed by atoms with Crippen LogP contribution in [0.1, 0.15) is 44.9 Å². The molecule has 19 heavy (non-hydrogen) atoms. The highest BCUT2D eigenvalue weighted by Crippen LogP contribution is 2.30. The summed E-state index contributed by atoms with van der Waals surface area (Å²) in [4.78, 5) is 13.8. The van der Waals surface area contributed by atoms with Gasteiger partial charge in [0, 0.05) is 25.2 Å². The van der Waals surface area contributed by atoms with E-state index in [1.807, 2.05) is 0 Å². The summed E-state index contributed by atoms with van der Waals surface area (Å²) in [5.41, 5.74) is 0. The Kier molecular flexibility index (Phi) is 4.08. The number of nitrogens with one attached hydrogen (secondary N) is 1. The van der Waals surface area contributed by atoms with Gasteiger partial charge in [-0.25, -0.2) is 0 Å². The largest absolute Gasteiger partial charge is 0.481 e. The number of hydrogen-bond acceptors (Lipinski definition) is 3. The molecule has 0 amide bonds. The van der Waals surface area contributed by atoms with Crippen molar-refractivity contribution in [3.63, 3.8) is 0 Å². The van der Waals surface area contributed by atoms with Gasteiger partial charge in [-0.1, -0.05) is 12.8 Å². The van der Waals surface area contributed by atoms with Gasteiger partial charge in [0.25, 0.3) is 0 Å². The molecule has 4 nitrogen and oxygen atoms in total. The first kappa shape index (κ1) is 13.4. The molecule has 2 unspecified atom stereocenters. The van der Waals surface area contributed by atoms with Crippen LogP contribution in [0.2, 0.25) is 0 Å². The van der Waals surface area contributed by atoms with E-state index in [4.69, 9.17) is 0 Å². The second-order valence-corrected chi connectivity index (χ2v) is 6.71. The van der Waals surface area contributed by atoms with Crippen LogP contribution in [0.5, 0.6) is 0 Å². The first-order valence-corrected chi connectivity index (χ1v) is 7.92. The van der Waals surface area contributed by atoms with Crippen molar-refractivity contribution in [3.8, 4) is 0 Å². The zero-order valence-corrected chi connectivity index (χ0v) is 11.7. The summed E-state index contributed by atoms with van der Waals surface area (Å²) < 4.78 is 0. The predicted molar refractivity (Wildman–Crippen MR) is 74.1 cm³/mol. The second kappa shape index (κ2) is 5.80. The standard InChI is InChI=1S/C15H26N2O2/c18-15(19)12-7-13(16-8-11-3-1-4-11)10-17(9-12)14-5-2-6-14/h11-14,16H,1-10H2,(H,18,19). The molecule has 108 valence electrons. The van der Waals surface area contributed by atoms with Gasteiger partial charge in [0.05, 0.1) is 5.92 Å². The molecule has 2 aliphatic carbocycles. The number of hydrogen-bond donors (Lipinski definition) is 2. The van der Waals surface area contributed by atoms with E-state index < -0.39 is 5.97 Å². The molecule has 0 aromatic heterocycles. The summed E-state index contributed by atoms with van der Waals surface area (Å²) in [7, 11) is 0. The Morgan fingerprint density at radius 2 is 1.89 bits per heavy atom.